The van der Waals surface area contributed by atoms with Crippen molar-refractivity contribution in [2.75, 3.05) is 0 Å². The molecule has 0 aliphatic heterocycles. The summed E-state index contributed by atoms with van der Waals surface area (Å²) in [6, 6.07) is 13.7. The summed E-state index contributed by atoms with van der Waals surface area (Å²) in [7, 11) is 0. The van der Waals surface area contributed by atoms with Gasteiger partial charge >= 0.3 is 0 Å². The number of pyridine rings is 1. The standard InChI is InChI=1S/C18H17N3O/c1-13(14-6-3-2-4-7-14)21-17(22)10-9-15-12-20-18-16(15)8-5-11-19-18/h2-13H,1H3,(H,19,20)(H,21,22). The van der Waals surface area contributed by atoms with Crippen LogP contribution in [0.5, 0.6) is 0 Å². The van der Waals surface area contributed by atoms with Crippen LogP contribution in [0.4, 0.5) is 0 Å². The van der Waals surface area contributed by atoms with Gasteiger partial charge in [-0.3, -0.25) is 4.79 Å². The summed E-state index contributed by atoms with van der Waals surface area (Å²) in [5.41, 5.74) is 2.85. The molecule has 4 heteroatoms. The quantitative estimate of drug-likeness (QED) is 0.723. The van der Waals surface area contributed by atoms with E-state index in [1.807, 2.05) is 55.6 Å². The average molecular weight is 291 g/mol. The first-order valence-corrected chi connectivity index (χ1v) is 7.19. The topological polar surface area (TPSA) is 57.8 Å². The van der Waals surface area contributed by atoms with Crippen LogP contribution in [0.25, 0.3) is 17.1 Å². The van der Waals surface area contributed by atoms with Crippen molar-refractivity contribution in [2.45, 2.75) is 13.0 Å². The molecule has 3 aromatic rings. The molecule has 0 bridgehead atoms. The Labute approximate surface area is 128 Å². The number of hydrogen-bond acceptors (Lipinski definition) is 2. The van der Waals surface area contributed by atoms with Gasteiger partial charge in [-0.05, 0) is 30.7 Å². The van der Waals surface area contributed by atoms with E-state index in [1.165, 1.54) is 0 Å². The van der Waals surface area contributed by atoms with Gasteiger partial charge < -0.3 is 10.3 Å². The molecule has 22 heavy (non-hydrogen) atoms. The maximum atomic E-state index is 12.0. The molecule has 0 spiro atoms. The first-order valence-electron chi connectivity index (χ1n) is 7.19. The summed E-state index contributed by atoms with van der Waals surface area (Å²) in [6.07, 6.45) is 6.94. The van der Waals surface area contributed by atoms with Crippen LogP contribution >= 0.6 is 0 Å². The second-order valence-corrected chi connectivity index (χ2v) is 5.12. The Morgan fingerprint density at radius 1 is 1.23 bits per heavy atom. The number of hydrogen-bond donors (Lipinski definition) is 2. The monoisotopic (exact) mass is 291 g/mol. The molecule has 0 aliphatic carbocycles. The number of H-pyrrole nitrogens is 1. The number of amides is 1. The fourth-order valence-corrected chi connectivity index (χ4v) is 2.37. The molecular weight excluding hydrogens is 274 g/mol. The summed E-state index contributed by atoms with van der Waals surface area (Å²) in [5, 5.41) is 3.96. The van der Waals surface area contributed by atoms with Gasteiger partial charge in [0.15, 0.2) is 0 Å². The lowest BCUT2D eigenvalue weighted by atomic mass is 10.1. The molecule has 1 unspecified atom stereocenters. The van der Waals surface area contributed by atoms with E-state index in [9.17, 15) is 4.79 Å². The van der Waals surface area contributed by atoms with Crippen molar-refractivity contribution in [3.8, 4) is 0 Å². The highest BCUT2D eigenvalue weighted by atomic mass is 16.1. The lowest BCUT2D eigenvalue weighted by Crippen LogP contribution is -2.24. The van der Waals surface area contributed by atoms with Crippen LogP contribution in [-0.4, -0.2) is 15.9 Å². The largest absolute Gasteiger partial charge is 0.346 e. The lowest BCUT2D eigenvalue weighted by molar-refractivity contribution is -0.117. The molecule has 0 radical (unpaired) electrons. The minimum atomic E-state index is -0.116. The third-order valence-corrected chi connectivity index (χ3v) is 3.56. The molecule has 1 amide bonds. The van der Waals surface area contributed by atoms with E-state index in [4.69, 9.17) is 0 Å². The molecule has 2 heterocycles. The van der Waals surface area contributed by atoms with Crippen LogP contribution in [-0.2, 0) is 4.79 Å². The Balaban J connectivity index is 1.69. The molecule has 0 aliphatic rings. The predicted molar refractivity (Wildman–Crippen MR) is 88.1 cm³/mol. The summed E-state index contributed by atoms with van der Waals surface area (Å²) in [4.78, 5) is 19.3. The molecule has 4 nitrogen and oxygen atoms in total. The Morgan fingerprint density at radius 3 is 2.86 bits per heavy atom. The summed E-state index contributed by atoms with van der Waals surface area (Å²) in [5.74, 6) is -0.116. The number of aromatic amines is 1. The fraction of sp³-hybridized carbons (Fsp3) is 0.111. The number of fused-ring (bicyclic) bond motifs is 1. The number of carbonyl (C=O) groups excluding carboxylic acids is 1. The molecule has 0 fully saturated rings. The van der Waals surface area contributed by atoms with Crippen LogP contribution in [0.15, 0.2) is 60.9 Å². The predicted octanol–water partition coefficient (Wildman–Crippen LogP) is 3.45. The summed E-state index contributed by atoms with van der Waals surface area (Å²) in [6.45, 7) is 1.97. The van der Waals surface area contributed by atoms with E-state index in [-0.39, 0.29) is 11.9 Å². The Morgan fingerprint density at radius 2 is 2.05 bits per heavy atom. The van der Waals surface area contributed by atoms with Crippen LogP contribution in [0.1, 0.15) is 24.1 Å². The molecular formula is C18H17N3O. The second kappa shape index (κ2) is 6.26. The van der Waals surface area contributed by atoms with Gasteiger partial charge in [-0.15, -0.1) is 0 Å². The Bertz CT molecular complexity index is 805. The first kappa shape index (κ1) is 14.1. The number of nitrogens with zero attached hydrogens (tertiary/aromatic N) is 1. The third-order valence-electron chi connectivity index (χ3n) is 3.56. The zero-order valence-electron chi connectivity index (χ0n) is 12.3. The molecule has 2 N–H and O–H groups in total. The van der Waals surface area contributed by atoms with Crippen molar-refractivity contribution in [2.24, 2.45) is 0 Å². The molecule has 0 saturated carbocycles. The van der Waals surface area contributed by atoms with Gasteiger partial charge in [0.2, 0.25) is 5.91 Å². The van der Waals surface area contributed by atoms with Crippen LogP contribution in [0.2, 0.25) is 0 Å². The van der Waals surface area contributed by atoms with E-state index < -0.39 is 0 Å². The molecule has 3 rings (SSSR count). The van der Waals surface area contributed by atoms with E-state index >= 15 is 0 Å². The maximum Gasteiger partial charge on any atom is 0.244 e. The molecule has 2 aromatic heterocycles. The third kappa shape index (κ3) is 3.06. The van der Waals surface area contributed by atoms with Crippen molar-refractivity contribution in [3.63, 3.8) is 0 Å². The highest BCUT2D eigenvalue weighted by molar-refractivity contribution is 5.95. The van der Waals surface area contributed by atoms with Gasteiger partial charge in [-0.2, -0.15) is 0 Å². The van der Waals surface area contributed by atoms with Gasteiger partial charge in [0.1, 0.15) is 5.65 Å². The van der Waals surface area contributed by atoms with Crippen LogP contribution in [0, 0.1) is 0 Å². The van der Waals surface area contributed by atoms with Gasteiger partial charge in [-0.1, -0.05) is 30.3 Å². The van der Waals surface area contributed by atoms with E-state index in [1.54, 1.807) is 18.3 Å². The zero-order valence-corrected chi connectivity index (χ0v) is 12.3. The second-order valence-electron chi connectivity index (χ2n) is 5.12. The fourth-order valence-electron chi connectivity index (χ4n) is 2.37. The lowest BCUT2D eigenvalue weighted by Gasteiger charge is -2.12. The number of aromatic nitrogens is 2. The van der Waals surface area contributed by atoms with E-state index in [2.05, 4.69) is 15.3 Å². The molecule has 1 aromatic carbocycles. The van der Waals surface area contributed by atoms with E-state index in [0.29, 0.717) is 0 Å². The molecule has 0 saturated heterocycles. The van der Waals surface area contributed by atoms with Gasteiger partial charge in [0, 0.05) is 29.4 Å². The maximum absolute atomic E-state index is 12.0. The SMILES string of the molecule is CC(NC(=O)C=Cc1c[nH]c2ncccc12)c1ccccc1. The van der Waals surface area contributed by atoms with Crippen molar-refractivity contribution >= 4 is 23.0 Å². The van der Waals surface area contributed by atoms with Crippen molar-refractivity contribution in [1.82, 2.24) is 15.3 Å². The average Bonchev–Trinajstić information content (AvgIpc) is 2.97. The van der Waals surface area contributed by atoms with Gasteiger partial charge in [0.25, 0.3) is 0 Å². The minimum absolute atomic E-state index is 0.0250. The smallest absolute Gasteiger partial charge is 0.244 e. The van der Waals surface area contributed by atoms with Gasteiger partial charge in [0.05, 0.1) is 6.04 Å². The van der Waals surface area contributed by atoms with Crippen molar-refractivity contribution < 1.29 is 4.79 Å². The first-order chi connectivity index (χ1) is 10.7. The Hall–Kier alpha value is -2.88. The number of nitrogens with one attached hydrogen (secondary N) is 2. The highest BCUT2D eigenvalue weighted by Gasteiger charge is 2.07. The minimum Gasteiger partial charge on any atom is -0.346 e. The Kier molecular flexibility index (Phi) is 4.01. The van der Waals surface area contributed by atoms with Crippen molar-refractivity contribution in [3.05, 3.63) is 72.1 Å². The summed E-state index contributed by atoms with van der Waals surface area (Å²) >= 11 is 0. The number of rotatable bonds is 4. The number of benzene rings is 1. The highest BCUT2D eigenvalue weighted by Crippen LogP contribution is 2.17. The number of carbonyl (C=O) groups is 1. The van der Waals surface area contributed by atoms with E-state index in [0.717, 1.165) is 22.2 Å². The molecule has 1 atom stereocenters. The van der Waals surface area contributed by atoms with Crippen LogP contribution in [0.3, 0.4) is 0 Å². The van der Waals surface area contributed by atoms with Crippen molar-refractivity contribution in [1.29, 1.82) is 0 Å². The van der Waals surface area contributed by atoms with Crippen LogP contribution < -0.4 is 5.32 Å². The zero-order chi connectivity index (χ0) is 15.4. The normalized spacial score (nSPS) is 12.6. The summed E-state index contributed by atoms with van der Waals surface area (Å²) < 4.78 is 0. The molecule has 110 valence electrons. The van der Waals surface area contributed by atoms with Gasteiger partial charge in [-0.25, -0.2) is 4.98 Å².